The van der Waals surface area contributed by atoms with Crippen molar-refractivity contribution in [3.05, 3.63) is 195 Å². The summed E-state index contributed by atoms with van der Waals surface area (Å²) in [4.78, 5) is 55.3. The minimum Gasteiger partial charge on any atom is -0.476 e. The number of aryl methyl sites for hydroxylation is 3. The van der Waals surface area contributed by atoms with Crippen LogP contribution >= 0.6 is 0 Å². The van der Waals surface area contributed by atoms with E-state index < -0.39 is 35.8 Å². The topological polar surface area (TPSA) is 268 Å². The van der Waals surface area contributed by atoms with Gasteiger partial charge < -0.3 is 25.2 Å². The summed E-state index contributed by atoms with van der Waals surface area (Å²) in [5, 5.41) is 51.4. The van der Waals surface area contributed by atoms with Gasteiger partial charge in [0.15, 0.2) is 11.5 Å². The lowest BCUT2D eigenvalue weighted by atomic mass is 9.95. The number of halogens is 2. The molecule has 0 fully saturated rings. The largest absolute Gasteiger partial charge is 0.476 e. The first-order valence-electron chi connectivity index (χ1n) is 22.4. The normalized spacial score (nSPS) is 17.9. The number of hydrogen-bond donors (Lipinski definition) is 4. The summed E-state index contributed by atoms with van der Waals surface area (Å²) >= 11 is 0. The van der Waals surface area contributed by atoms with E-state index in [2.05, 4.69) is 47.5 Å². The van der Waals surface area contributed by atoms with E-state index in [-0.39, 0.29) is 46.9 Å². The number of carbonyl (C=O) groups is 4. The number of rotatable bonds is 8. The fraction of sp³-hybridized carbons (Fsp3) is 0.245. The molecule has 4 aliphatic heterocycles. The van der Waals surface area contributed by atoms with Crippen molar-refractivity contribution < 1.29 is 53.1 Å². The van der Waals surface area contributed by atoms with Gasteiger partial charge >= 0.3 is 23.9 Å². The molecule has 4 atom stereocenters. The molecule has 0 bridgehead atoms. The van der Waals surface area contributed by atoms with Crippen LogP contribution in [-0.2, 0) is 30.8 Å². The molecule has 4 aliphatic rings. The van der Waals surface area contributed by atoms with E-state index >= 15 is 0 Å². The SMILES string of the molecule is O=C(O)c1cc2n(n1)CCC2c1ccccc1.O=C(O)c1nc2n(n1)C(c1ccccc1)CC2.O=C(O)c1nc2n(n1)CCC2c1ccccc1F.O=C(O)c1nc2n(n1)CCOC2c1ccccc1F. The second kappa shape index (κ2) is 20.4. The zero-order valence-corrected chi connectivity index (χ0v) is 37.4. The maximum Gasteiger partial charge on any atom is 0.375 e. The Balaban J connectivity index is 0.000000117. The number of fused-ring (bicyclic) bond motifs is 4. The average Bonchev–Trinajstić information content (AvgIpc) is 4.23. The van der Waals surface area contributed by atoms with Gasteiger partial charge in [0.25, 0.3) is 17.5 Å². The van der Waals surface area contributed by atoms with Gasteiger partial charge in [-0.3, -0.25) is 4.68 Å². The molecule has 22 heteroatoms. The molecule has 8 aromatic rings. The van der Waals surface area contributed by atoms with Crippen molar-refractivity contribution in [3.8, 4) is 0 Å². The number of carboxylic acid groups (broad SMARTS) is 4. The number of ether oxygens (including phenoxy) is 1. The highest BCUT2D eigenvalue weighted by molar-refractivity contribution is 5.85. The van der Waals surface area contributed by atoms with Gasteiger partial charge in [-0.25, -0.2) is 57.0 Å². The van der Waals surface area contributed by atoms with Crippen LogP contribution in [0.2, 0.25) is 0 Å². The molecule has 362 valence electrons. The Kier molecular flexibility index (Phi) is 13.6. The maximum absolute atomic E-state index is 13.8. The molecular formula is C49H43F2N11O9. The van der Waals surface area contributed by atoms with Crippen molar-refractivity contribution in [2.45, 2.75) is 69.3 Å². The van der Waals surface area contributed by atoms with Crippen LogP contribution in [0.3, 0.4) is 0 Å². The molecule has 4 aromatic heterocycles. The summed E-state index contributed by atoms with van der Waals surface area (Å²) in [6, 6.07) is 34.6. The van der Waals surface area contributed by atoms with E-state index in [9.17, 15) is 28.0 Å². The second-order valence-electron chi connectivity index (χ2n) is 16.6. The van der Waals surface area contributed by atoms with Crippen molar-refractivity contribution in [1.82, 2.24) is 54.1 Å². The number of benzene rings is 4. The van der Waals surface area contributed by atoms with Gasteiger partial charge in [-0.05, 0) is 54.2 Å². The Bertz CT molecular complexity index is 3140. The Morgan fingerprint density at radius 2 is 1.07 bits per heavy atom. The van der Waals surface area contributed by atoms with Crippen LogP contribution in [0.1, 0.15) is 131 Å². The first-order valence-corrected chi connectivity index (χ1v) is 22.4. The molecule has 0 spiro atoms. The molecule has 4 N–H and O–H groups in total. The average molecular weight is 968 g/mol. The van der Waals surface area contributed by atoms with Crippen molar-refractivity contribution in [3.63, 3.8) is 0 Å². The Morgan fingerprint density at radius 1 is 0.535 bits per heavy atom. The fourth-order valence-electron chi connectivity index (χ4n) is 9.01. The van der Waals surface area contributed by atoms with Gasteiger partial charge in [-0.2, -0.15) is 5.10 Å². The van der Waals surface area contributed by atoms with Crippen molar-refractivity contribution >= 4 is 23.9 Å². The molecule has 8 heterocycles. The molecule has 0 saturated heterocycles. The van der Waals surface area contributed by atoms with Crippen LogP contribution in [-0.4, -0.2) is 105 Å². The highest BCUT2D eigenvalue weighted by atomic mass is 19.1. The molecular weight excluding hydrogens is 925 g/mol. The minimum atomic E-state index is -1.21. The predicted octanol–water partition coefficient (Wildman–Crippen LogP) is 6.51. The zero-order valence-electron chi connectivity index (χ0n) is 37.4. The van der Waals surface area contributed by atoms with E-state index in [0.717, 1.165) is 42.9 Å². The van der Waals surface area contributed by atoms with Crippen LogP contribution < -0.4 is 0 Å². The minimum absolute atomic E-state index is 0.111. The first-order chi connectivity index (χ1) is 34.3. The molecule has 4 unspecified atom stereocenters. The van der Waals surface area contributed by atoms with Crippen molar-refractivity contribution in [2.75, 3.05) is 6.61 Å². The van der Waals surface area contributed by atoms with Crippen LogP contribution in [0, 0.1) is 11.6 Å². The molecule has 0 saturated carbocycles. The van der Waals surface area contributed by atoms with Crippen molar-refractivity contribution in [2.24, 2.45) is 0 Å². The summed E-state index contributed by atoms with van der Waals surface area (Å²) in [6.45, 7) is 2.09. The van der Waals surface area contributed by atoms with E-state index in [1.54, 1.807) is 56.5 Å². The molecule has 0 amide bonds. The third-order valence-corrected chi connectivity index (χ3v) is 12.2. The van der Waals surface area contributed by atoms with Gasteiger partial charge in [0.2, 0.25) is 0 Å². The van der Waals surface area contributed by atoms with E-state index in [1.807, 2.05) is 48.5 Å². The number of hydrogen-bond acceptors (Lipinski definition) is 12. The number of nitrogens with zero attached hydrogens (tertiary/aromatic N) is 11. The van der Waals surface area contributed by atoms with Crippen LogP contribution in [0.15, 0.2) is 115 Å². The number of carboxylic acids is 4. The van der Waals surface area contributed by atoms with Gasteiger partial charge in [-0.1, -0.05) is 97.1 Å². The maximum atomic E-state index is 13.8. The predicted molar refractivity (Wildman–Crippen MR) is 243 cm³/mol. The Labute approximate surface area is 401 Å². The summed E-state index contributed by atoms with van der Waals surface area (Å²) < 4.78 is 39.5. The summed E-state index contributed by atoms with van der Waals surface area (Å²) in [5.74, 6) is -4.10. The summed E-state index contributed by atoms with van der Waals surface area (Å²) in [6.07, 6.45) is 2.66. The summed E-state index contributed by atoms with van der Waals surface area (Å²) in [5.41, 5.74) is 4.39. The quantitative estimate of drug-likeness (QED) is 0.126. The smallest absolute Gasteiger partial charge is 0.375 e. The fourth-order valence-corrected chi connectivity index (χ4v) is 9.01. The molecule has 20 nitrogen and oxygen atoms in total. The van der Waals surface area contributed by atoms with Crippen LogP contribution in [0.5, 0.6) is 0 Å². The lowest BCUT2D eigenvalue weighted by Crippen LogP contribution is -2.24. The van der Waals surface area contributed by atoms with Crippen LogP contribution in [0.4, 0.5) is 8.78 Å². The molecule has 12 rings (SSSR count). The number of aromatic nitrogens is 11. The van der Waals surface area contributed by atoms with Gasteiger partial charge in [-0.15, -0.1) is 15.3 Å². The highest BCUT2D eigenvalue weighted by Crippen LogP contribution is 2.36. The Morgan fingerprint density at radius 3 is 1.69 bits per heavy atom. The summed E-state index contributed by atoms with van der Waals surface area (Å²) in [7, 11) is 0. The molecule has 0 radical (unpaired) electrons. The second-order valence-corrected chi connectivity index (χ2v) is 16.6. The molecule has 71 heavy (non-hydrogen) atoms. The van der Waals surface area contributed by atoms with Crippen LogP contribution in [0.25, 0.3) is 0 Å². The monoisotopic (exact) mass is 967 g/mol. The standard InChI is InChI=1S/C13H12N2O2.C12H10FN3O3.C12H10FN3O2.C12H11N3O2/c16-13(17)11-8-12-10(6-7-15(12)14-11)9-4-2-1-3-5-9;13-8-4-2-1-3-7(8)9-11-14-10(12(17)18)15-16(11)5-6-19-9;13-9-4-2-1-3-7(9)8-5-6-16-11(8)14-10(15-16)12(17)18;16-12(17)11-13-10-7-6-9(15(10)14-11)8-4-2-1-3-5-8/h1-5,8,10H,6-7H2,(H,16,17);1-4,9H,5-6H2,(H,17,18);1-4,8H,5-6H2,(H,17,18);1-5,9H,6-7H2,(H,16,17). The lowest BCUT2D eigenvalue weighted by molar-refractivity contribution is 0.0369. The molecule has 4 aromatic carbocycles. The lowest BCUT2D eigenvalue weighted by Gasteiger charge is -2.23. The van der Waals surface area contributed by atoms with Gasteiger partial charge in [0.05, 0.1) is 19.2 Å². The third kappa shape index (κ3) is 10.0. The van der Waals surface area contributed by atoms with Gasteiger partial charge in [0.1, 0.15) is 29.4 Å². The highest BCUT2D eigenvalue weighted by Gasteiger charge is 2.33. The first kappa shape index (κ1) is 47.3. The van der Waals surface area contributed by atoms with E-state index in [4.69, 9.17) is 25.2 Å². The number of aromatic carboxylic acids is 4. The zero-order chi connectivity index (χ0) is 49.8. The Hall–Kier alpha value is -8.79. The third-order valence-electron chi connectivity index (χ3n) is 12.2. The van der Waals surface area contributed by atoms with Crippen molar-refractivity contribution in [1.29, 1.82) is 0 Å². The van der Waals surface area contributed by atoms with Gasteiger partial charge in [0, 0.05) is 42.6 Å². The molecule has 0 aliphatic carbocycles. The van der Waals surface area contributed by atoms with E-state index in [1.165, 1.54) is 22.4 Å². The van der Waals surface area contributed by atoms with E-state index in [0.29, 0.717) is 48.9 Å².